The first-order chi connectivity index (χ1) is 9.49. The van der Waals surface area contributed by atoms with Gasteiger partial charge in [0.05, 0.1) is 6.61 Å². The molecule has 0 aliphatic heterocycles. The monoisotopic (exact) mass is 277 g/mol. The molecule has 0 aromatic heterocycles. The number of nitrogens with one attached hydrogen (secondary N) is 1. The van der Waals surface area contributed by atoms with Gasteiger partial charge in [0.25, 0.3) is 0 Å². The minimum absolute atomic E-state index is 0.172. The van der Waals surface area contributed by atoms with Crippen molar-refractivity contribution in [1.29, 1.82) is 0 Å². The standard InChI is InChI=1S/C15H19NO4/c1-11(2)8-13(15(18)19)16-14(17)10-20-9-12-6-4-3-5-7-12/h3-7,13H,1,8-10H2,2H3,(H,16,17)(H,18,19)/t13-/m1/s1. The van der Waals surface area contributed by atoms with E-state index in [1.54, 1.807) is 6.92 Å². The highest BCUT2D eigenvalue weighted by Gasteiger charge is 2.19. The Labute approximate surface area is 118 Å². The van der Waals surface area contributed by atoms with Gasteiger partial charge in [0.2, 0.25) is 5.91 Å². The van der Waals surface area contributed by atoms with Crippen molar-refractivity contribution in [3.05, 3.63) is 48.0 Å². The smallest absolute Gasteiger partial charge is 0.326 e. The van der Waals surface area contributed by atoms with Crippen LogP contribution in [0, 0.1) is 0 Å². The molecule has 0 unspecified atom stereocenters. The summed E-state index contributed by atoms with van der Waals surface area (Å²) in [5, 5.41) is 11.4. The quantitative estimate of drug-likeness (QED) is 0.710. The molecule has 0 saturated heterocycles. The Morgan fingerprint density at radius 2 is 2.00 bits per heavy atom. The van der Waals surface area contributed by atoms with Crippen molar-refractivity contribution in [1.82, 2.24) is 5.32 Å². The predicted molar refractivity (Wildman–Crippen MR) is 75.1 cm³/mol. The van der Waals surface area contributed by atoms with Crippen molar-refractivity contribution in [3.8, 4) is 0 Å². The molecule has 0 heterocycles. The SMILES string of the molecule is C=C(C)C[C@@H](NC(=O)COCc1ccccc1)C(=O)O. The fourth-order valence-electron chi connectivity index (χ4n) is 1.62. The van der Waals surface area contributed by atoms with E-state index in [2.05, 4.69) is 11.9 Å². The second kappa shape index (κ2) is 8.12. The number of carbonyl (C=O) groups is 2. The molecule has 0 saturated carbocycles. The largest absolute Gasteiger partial charge is 0.480 e. The summed E-state index contributed by atoms with van der Waals surface area (Å²) in [6.07, 6.45) is 0.208. The van der Waals surface area contributed by atoms with Gasteiger partial charge in [-0.25, -0.2) is 4.79 Å². The lowest BCUT2D eigenvalue weighted by Crippen LogP contribution is -2.42. The third kappa shape index (κ3) is 6.15. The minimum atomic E-state index is -1.08. The van der Waals surface area contributed by atoms with Gasteiger partial charge in [-0.1, -0.05) is 35.9 Å². The van der Waals surface area contributed by atoms with E-state index in [9.17, 15) is 9.59 Å². The molecule has 1 amide bonds. The highest BCUT2D eigenvalue weighted by molar-refractivity contribution is 5.84. The van der Waals surface area contributed by atoms with Crippen LogP contribution in [0.3, 0.4) is 0 Å². The highest BCUT2D eigenvalue weighted by Crippen LogP contribution is 2.03. The molecule has 0 spiro atoms. The van der Waals surface area contributed by atoms with Crippen molar-refractivity contribution >= 4 is 11.9 Å². The Hall–Kier alpha value is -2.14. The maximum absolute atomic E-state index is 11.6. The van der Waals surface area contributed by atoms with Crippen LogP contribution in [0.5, 0.6) is 0 Å². The topological polar surface area (TPSA) is 75.6 Å². The van der Waals surface area contributed by atoms with Crippen LogP contribution >= 0.6 is 0 Å². The summed E-state index contributed by atoms with van der Waals surface area (Å²) in [5.74, 6) is -1.53. The number of carbonyl (C=O) groups excluding carboxylic acids is 1. The number of hydrogen-bond donors (Lipinski definition) is 2. The molecule has 0 aliphatic rings. The lowest BCUT2D eigenvalue weighted by atomic mass is 10.1. The van der Waals surface area contributed by atoms with Gasteiger partial charge in [-0.2, -0.15) is 0 Å². The molecule has 1 atom stereocenters. The van der Waals surface area contributed by atoms with E-state index < -0.39 is 17.9 Å². The molecular formula is C15H19NO4. The predicted octanol–water partition coefficient (Wildman–Crippen LogP) is 1.74. The van der Waals surface area contributed by atoms with Gasteiger partial charge in [0.1, 0.15) is 12.6 Å². The second-order valence-corrected chi connectivity index (χ2v) is 4.60. The summed E-state index contributed by atoms with van der Waals surface area (Å²) in [6, 6.07) is 8.47. The van der Waals surface area contributed by atoms with E-state index in [0.29, 0.717) is 12.2 Å². The summed E-state index contributed by atoms with van der Waals surface area (Å²) < 4.78 is 5.24. The second-order valence-electron chi connectivity index (χ2n) is 4.60. The van der Waals surface area contributed by atoms with Gasteiger partial charge >= 0.3 is 5.97 Å². The lowest BCUT2D eigenvalue weighted by Gasteiger charge is -2.14. The Kier molecular flexibility index (Phi) is 6.46. The third-order valence-corrected chi connectivity index (χ3v) is 2.53. The van der Waals surface area contributed by atoms with Gasteiger partial charge < -0.3 is 15.2 Å². The van der Waals surface area contributed by atoms with Crippen molar-refractivity contribution < 1.29 is 19.4 Å². The minimum Gasteiger partial charge on any atom is -0.480 e. The van der Waals surface area contributed by atoms with E-state index in [4.69, 9.17) is 9.84 Å². The Bertz CT molecular complexity index is 470. The highest BCUT2D eigenvalue weighted by atomic mass is 16.5. The van der Waals surface area contributed by atoms with Crippen LogP contribution < -0.4 is 5.32 Å². The first kappa shape index (κ1) is 15.9. The normalized spacial score (nSPS) is 11.7. The molecule has 1 aromatic rings. The Balaban J connectivity index is 2.35. The van der Waals surface area contributed by atoms with E-state index >= 15 is 0 Å². The zero-order valence-corrected chi connectivity index (χ0v) is 11.5. The average Bonchev–Trinajstić information content (AvgIpc) is 2.38. The molecule has 5 heteroatoms. The van der Waals surface area contributed by atoms with Gasteiger partial charge in [-0.15, -0.1) is 6.58 Å². The average molecular weight is 277 g/mol. The third-order valence-electron chi connectivity index (χ3n) is 2.53. The van der Waals surface area contributed by atoms with Crippen molar-refractivity contribution in [2.45, 2.75) is 26.0 Å². The van der Waals surface area contributed by atoms with Gasteiger partial charge in [0.15, 0.2) is 0 Å². The van der Waals surface area contributed by atoms with Crippen molar-refractivity contribution in [2.24, 2.45) is 0 Å². The zero-order valence-electron chi connectivity index (χ0n) is 11.5. The zero-order chi connectivity index (χ0) is 15.0. The molecular weight excluding hydrogens is 258 g/mol. The molecule has 0 bridgehead atoms. The number of rotatable bonds is 8. The summed E-state index contributed by atoms with van der Waals surface area (Å²) in [4.78, 5) is 22.6. The summed E-state index contributed by atoms with van der Waals surface area (Å²) in [6.45, 7) is 5.50. The van der Waals surface area contributed by atoms with Gasteiger partial charge in [-0.3, -0.25) is 4.79 Å². The van der Waals surface area contributed by atoms with Crippen LogP contribution in [0.1, 0.15) is 18.9 Å². The fraction of sp³-hybridized carbons (Fsp3) is 0.333. The molecule has 0 radical (unpaired) electrons. The van der Waals surface area contributed by atoms with Crippen LogP contribution in [0.15, 0.2) is 42.5 Å². The number of aliphatic carboxylic acids is 1. The van der Waals surface area contributed by atoms with E-state index in [1.807, 2.05) is 30.3 Å². The molecule has 0 fully saturated rings. The van der Waals surface area contributed by atoms with Gasteiger partial charge in [0, 0.05) is 0 Å². The lowest BCUT2D eigenvalue weighted by molar-refractivity contribution is -0.142. The first-order valence-electron chi connectivity index (χ1n) is 6.27. The number of carboxylic acids is 1. The molecule has 1 aromatic carbocycles. The molecule has 1 rings (SSSR count). The Morgan fingerprint density at radius 1 is 1.35 bits per heavy atom. The number of benzene rings is 1. The number of carboxylic acid groups (broad SMARTS) is 1. The van der Waals surface area contributed by atoms with Crippen LogP contribution in [0.2, 0.25) is 0 Å². The number of amides is 1. The summed E-state index contributed by atoms with van der Waals surface area (Å²) in [5.41, 5.74) is 1.65. The van der Waals surface area contributed by atoms with Crippen LogP contribution in [0.4, 0.5) is 0 Å². The van der Waals surface area contributed by atoms with Crippen molar-refractivity contribution in [2.75, 3.05) is 6.61 Å². The molecule has 0 aliphatic carbocycles. The summed E-state index contributed by atoms with van der Waals surface area (Å²) >= 11 is 0. The van der Waals surface area contributed by atoms with E-state index in [1.165, 1.54) is 0 Å². The molecule has 20 heavy (non-hydrogen) atoms. The van der Waals surface area contributed by atoms with Crippen LogP contribution in [0.25, 0.3) is 0 Å². The van der Waals surface area contributed by atoms with E-state index in [0.717, 1.165) is 5.56 Å². The first-order valence-corrected chi connectivity index (χ1v) is 6.27. The van der Waals surface area contributed by atoms with E-state index in [-0.39, 0.29) is 13.0 Å². The Morgan fingerprint density at radius 3 is 2.55 bits per heavy atom. The molecule has 2 N–H and O–H groups in total. The van der Waals surface area contributed by atoms with Crippen LogP contribution in [-0.2, 0) is 20.9 Å². The maximum Gasteiger partial charge on any atom is 0.326 e. The number of hydrogen-bond acceptors (Lipinski definition) is 3. The number of ether oxygens (including phenoxy) is 1. The summed E-state index contributed by atoms with van der Waals surface area (Å²) in [7, 11) is 0. The van der Waals surface area contributed by atoms with Crippen LogP contribution in [-0.4, -0.2) is 29.6 Å². The molecule has 5 nitrogen and oxygen atoms in total. The van der Waals surface area contributed by atoms with Crippen molar-refractivity contribution in [3.63, 3.8) is 0 Å². The fourth-order valence-corrected chi connectivity index (χ4v) is 1.62. The maximum atomic E-state index is 11.6. The molecule has 108 valence electrons. The van der Waals surface area contributed by atoms with Gasteiger partial charge in [-0.05, 0) is 18.9 Å².